The van der Waals surface area contributed by atoms with Crippen LogP contribution in [0.25, 0.3) is 11.0 Å². The molecule has 0 radical (unpaired) electrons. The molecular weight excluding hydrogens is 360 g/mol. The van der Waals surface area contributed by atoms with Gasteiger partial charge in [0.05, 0.1) is 11.1 Å². The van der Waals surface area contributed by atoms with Crippen LogP contribution in [-0.2, 0) is 11.3 Å². The second-order valence-electron chi connectivity index (χ2n) is 5.16. The van der Waals surface area contributed by atoms with Gasteiger partial charge in [0.1, 0.15) is 0 Å². The van der Waals surface area contributed by atoms with E-state index in [-0.39, 0.29) is 17.2 Å². The van der Waals surface area contributed by atoms with Crippen LogP contribution in [0.2, 0.25) is 5.02 Å². The lowest BCUT2D eigenvalue weighted by atomic mass is 10.3. The third-order valence-corrected chi connectivity index (χ3v) is 4.70. The number of pyridine rings is 1. The molecule has 1 amide bonds. The van der Waals surface area contributed by atoms with Gasteiger partial charge in [-0.1, -0.05) is 23.4 Å². The Morgan fingerprint density at radius 3 is 2.76 bits per heavy atom. The van der Waals surface area contributed by atoms with Crippen molar-refractivity contribution in [3.8, 4) is 0 Å². The average Bonchev–Trinajstić information content (AvgIpc) is 2.62. The van der Waals surface area contributed by atoms with Crippen LogP contribution >= 0.6 is 23.4 Å². The van der Waals surface area contributed by atoms with Gasteiger partial charge in [-0.05, 0) is 43.3 Å². The standard InChI is InChI=1S/C17H15ClN4O2S/c1-2-22-16(24)13-4-3-9-19-15(13)21-17(22)25-10-14(23)20-12-7-5-11(18)6-8-12/h3-9H,2,10H2,1H3,(H,20,23). The lowest BCUT2D eigenvalue weighted by Gasteiger charge is -2.10. The van der Waals surface area contributed by atoms with Crippen molar-refractivity contribution in [1.29, 1.82) is 0 Å². The highest BCUT2D eigenvalue weighted by Gasteiger charge is 2.13. The van der Waals surface area contributed by atoms with E-state index in [0.29, 0.717) is 33.4 Å². The van der Waals surface area contributed by atoms with Crippen LogP contribution in [-0.4, -0.2) is 26.2 Å². The molecule has 0 bridgehead atoms. The van der Waals surface area contributed by atoms with Crippen LogP contribution < -0.4 is 10.9 Å². The van der Waals surface area contributed by atoms with Crippen molar-refractivity contribution in [1.82, 2.24) is 14.5 Å². The zero-order valence-corrected chi connectivity index (χ0v) is 15.0. The van der Waals surface area contributed by atoms with Crippen molar-refractivity contribution in [2.24, 2.45) is 0 Å². The Morgan fingerprint density at radius 1 is 1.28 bits per heavy atom. The summed E-state index contributed by atoms with van der Waals surface area (Å²) in [6, 6.07) is 10.3. The van der Waals surface area contributed by atoms with Crippen molar-refractivity contribution >= 4 is 46.0 Å². The molecule has 0 saturated carbocycles. The van der Waals surface area contributed by atoms with Gasteiger partial charge in [-0.25, -0.2) is 9.97 Å². The summed E-state index contributed by atoms with van der Waals surface area (Å²) < 4.78 is 1.55. The number of amides is 1. The molecule has 2 aromatic heterocycles. The quantitative estimate of drug-likeness (QED) is 0.548. The van der Waals surface area contributed by atoms with E-state index < -0.39 is 0 Å². The molecule has 3 rings (SSSR count). The molecule has 2 heterocycles. The van der Waals surface area contributed by atoms with Crippen molar-refractivity contribution in [2.45, 2.75) is 18.6 Å². The van der Waals surface area contributed by atoms with Gasteiger partial charge in [-0.15, -0.1) is 0 Å². The maximum atomic E-state index is 12.5. The lowest BCUT2D eigenvalue weighted by molar-refractivity contribution is -0.113. The fraction of sp³-hybridized carbons (Fsp3) is 0.176. The molecule has 0 aliphatic heterocycles. The molecule has 0 aliphatic carbocycles. The van der Waals surface area contributed by atoms with Crippen LogP contribution in [0.1, 0.15) is 6.92 Å². The Morgan fingerprint density at radius 2 is 2.04 bits per heavy atom. The zero-order valence-electron chi connectivity index (χ0n) is 13.4. The van der Waals surface area contributed by atoms with Gasteiger partial charge in [-0.3, -0.25) is 14.2 Å². The lowest BCUT2D eigenvalue weighted by Crippen LogP contribution is -2.23. The monoisotopic (exact) mass is 374 g/mol. The van der Waals surface area contributed by atoms with E-state index in [1.165, 1.54) is 11.8 Å². The number of carbonyl (C=O) groups is 1. The summed E-state index contributed by atoms with van der Waals surface area (Å²) in [5.41, 5.74) is 0.898. The summed E-state index contributed by atoms with van der Waals surface area (Å²) in [5, 5.41) is 4.33. The van der Waals surface area contributed by atoms with E-state index in [1.54, 1.807) is 47.2 Å². The molecule has 0 unspecified atom stereocenters. The second kappa shape index (κ2) is 7.67. The summed E-state index contributed by atoms with van der Waals surface area (Å²) >= 11 is 7.03. The first-order chi connectivity index (χ1) is 12.1. The van der Waals surface area contributed by atoms with Crippen LogP contribution in [0.3, 0.4) is 0 Å². The van der Waals surface area contributed by atoms with E-state index in [1.807, 2.05) is 6.92 Å². The molecular formula is C17H15ClN4O2S. The summed E-state index contributed by atoms with van der Waals surface area (Å²) in [6.07, 6.45) is 1.59. The minimum atomic E-state index is -0.189. The first kappa shape index (κ1) is 17.4. The van der Waals surface area contributed by atoms with Gasteiger partial charge in [-0.2, -0.15) is 0 Å². The molecule has 0 spiro atoms. The Balaban J connectivity index is 1.77. The van der Waals surface area contributed by atoms with E-state index in [2.05, 4.69) is 15.3 Å². The van der Waals surface area contributed by atoms with Crippen molar-refractivity contribution in [2.75, 3.05) is 11.1 Å². The SMILES string of the molecule is CCn1c(SCC(=O)Nc2ccc(Cl)cc2)nc2ncccc2c1=O. The van der Waals surface area contributed by atoms with Gasteiger partial charge in [0.15, 0.2) is 10.8 Å². The van der Waals surface area contributed by atoms with Crippen LogP contribution in [0.5, 0.6) is 0 Å². The third-order valence-electron chi connectivity index (χ3n) is 3.47. The van der Waals surface area contributed by atoms with Gasteiger partial charge in [0, 0.05) is 23.5 Å². The van der Waals surface area contributed by atoms with Crippen LogP contribution in [0, 0.1) is 0 Å². The summed E-state index contributed by atoms with van der Waals surface area (Å²) in [6.45, 7) is 2.33. The normalized spacial score (nSPS) is 10.8. The Kier molecular flexibility index (Phi) is 5.35. The number of fused-ring (bicyclic) bond motifs is 1. The minimum absolute atomic E-state index is 0.132. The molecule has 8 heteroatoms. The van der Waals surface area contributed by atoms with Gasteiger partial charge in [0.25, 0.3) is 5.56 Å². The Labute approximate surface area is 153 Å². The molecule has 0 saturated heterocycles. The van der Waals surface area contributed by atoms with E-state index >= 15 is 0 Å². The van der Waals surface area contributed by atoms with E-state index in [4.69, 9.17) is 11.6 Å². The fourth-order valence-electron chi connectivity index (χ4n) is 2.29. The topological polar surface area (TPSA) is 76.9 Å². The molecule has 25 heavy (non-hydrogen) atoms. The number of halogens is 1. The first-order valence-electron chi connectivity index (χ1n) is 7.62. The molecule has 1 N–H and O–H groups in total. The van der Waals surface area contributed by atoms with E-state index in [0.717, 1.165) is 0 Å². The molecule has 3 aromatic rings. The number of hydrogen-bond donors (Lipinski definition) is 1. The summed E-state index contributed by atoms with van der Waals surface area (Å²) in [7, 11) is 0. The largest absolute Gasteiger partial charge is 0.325 e. The predicted octanol–water partition coefficient (Wildman–Crippen LogP) is 3.20. The number of aromatic nitrogens is 3. The number of thioether (sulfide) groups is 1. The maximum Gasteiger partial charge on any atom is 0.263 e. The van der Waals surface area contributed by atoms with E-state index in [9.17, 15) is 9.59 Å². The number of nitrogens with zero attached hydrogens (tertiary/aromatic N) is 3. The number of benzene rings is 1. The minimum Gasteiger partial charge on any atom is -0.325 e. The van der Waals surface area contributed by atoms with Crippen LogP contribution in [0.4, 0.5) is 5.69 Å². The molecule has 1 aromatic carbocycles. The predicted molar refractivity (Wildman–Crippen MR) is 100 cm³/mol. The number of nitrogens with one attached hydrogen (secondary N) is 1. The smallest absolute Gasteiger partial charge is 0.263 e. The molecule has 0 aliphatic rings. The molecule has 6 nitrogen and oxygen atoms in total. The Bertz CT molecular complexity index is 973. The molecule has 128 valence electrons. The number of rotatable bonds is 5. The van der Waals surface area contributed by atoms with Crippen molar-refractivity contribution in [3.63, 3.8) is 0 Å². The highest BCUT2D eigenvalue weighted by atomic mass is 35.5. The zero-order chi connectivity index (χ0) is 17.8. The molecule has 0 atom stereocenters. The summed E-state index contributed by atoms with van der Waals surface area (Å²) in [5.74, 6) is -0.0571. The van der Waals surface area contributed by atoms with Crippen LogP contribution in [0.15, 0.2) is 52.5 Å². The fourth-order valence-corrected chi connectivity index (χ4v) is 3.26. The number of carbonyl (C=O) groups excluding carboxylic acids is 1. The van der Waals surface area contributed by atoms with Gasteiger partial charge < -0.3 is 5.32 Å². The number of anilines is 1. The highest BCUT2D eigenvalue weighted by Crippen LogP contribution is 2.18. The highest BCUT2D eigenvalue weighted by molar-refractivity contribution is 7.99. The van der Waals surface area contributed by atoms with Gasteiger partial charge in [0.2, 0.25) is 5.91 Å². The molecule has 0 fully saturated rings. The number of hydrogen-bond acceptors (Lipinski definition) is 5. The second-order valence-corrected chi connectivity index (χ2v) is 6.54. The third kappa shape index (κ3) is 4.00. The first-order valence-corrected chi connectivity index (χ1v) is 8.98. The van der Waals surface area contributed by atoms with Gasteiger partial charge >= 0.3 is 0 Å². The Hall–Kier alpha value is -2.38. The van der Waals surface area contributed by atoms with Crippen molar-refractivity contribution < 1.29 is 4.79 Å². The maximum absolute atomic E-state index is 12.5. The van der Waals surface area contributed by atoms with Crippen molar-refractivity contribution in [3.05, 3.63) is 58.0 Å². The average molecular weight is 375 g/mol. The summed E-state index contributed by atoms with van der Waals surface area (Å²) in [4.78, 5) is 33.2.